The van der Waals surface area contributed by atoms with E-state index in [-0.39, 0.29) is 18.3 Å². The standard InChI is InChI=1S/C24H50N2O.ClH/c1-5-9-10-11-12-13-14-15-16-17-18-19-20-21-22-23-24(27)25-26(6-2,7-3)8-4;/h5-23H2,1-4H3;1H/p+1. The quantitative estimate of drug-likeness (QED) is 0.123. The molecule has 170 valence electrons. The van der Waals surface area contributed by atoms with Gasteiger partial charge in [0, 0.05) is 6.42 Å². The molecule has 0 radical (unpaired) electrons. The van der Waals surface area contributed by atoms with Crippen molar-refractivity contribution >= 4 is 18.3 Å². The highest BCUT2D eigenvalue weighted by molar-refractivity contribution is 5.85. The summed E-state index contributed by atoms with van der Waals surface area (Å²) in [6, 6.07) is 0. The first-order valence-electron chi connectivity index (χ1n) is 12.3. The minimum atomic E-state index is 0. The Labute approximate surface area is 183 Å². The average molecular weight is 420 g/mol. The Kier molecular flexibility index (Phi) is 22.9. The van der Waals surface area contributed by atoms with Gasteiger partial charge in [-0.15, -0.1) is 12.4 Å². The first-order chi connectivity index (χ1) is 13.1. The van der Waals surface area contributed by atoms with Crippen molar-refractivity contribution in [1.82, 2.24) is 5.43 Å². The molecule has 0 saturated heterocycles. The Bertz CT molecular complexity index is 324. The van der Waals surface area contributed by atoms with Crippen LogP contribution >= 0.6 is 12.4 Å². The monoisotopic (exact) mass is 419 g/mol. The van der Waals surface area contributed by atoms with Crippen LogP contribution in [0.3, 0.4) is 0 Å². The van der Waals surface area contributed by atoms with Crippen LogP contribution in [-0.2, 0) is 4.79 Å². The second kappa shape index (κ2) is 21.4. The molecule has 3 nitrogen and oxygen atoms in total. The molecular weight excluding hydrogens is 368 g/mol. The molecular formula is C24H52ClN2O+. The Morgan fingerprint density at radius 3 is 1.21 bits per heavy atom. The van der Waals surface area contributed by atoms with Gasteiger partial charge in [-0.05, 0) is 27.2 Å². The first kappa shape index (κ1) is 29.9. The zero-order valence-electron chi connectivity index (χ0n) is 19.7. The van der Waals surface area contributed by atoms with E-state index in [0.717, 1.165) is 30.6 Å². The summed E-state index contributed by atoms with van der Waals surface area (Å²) in [5, 5.41) is 0. The number of hydrogen-bond acceptors (Lipinski definition) is 1. The fourth-order valence-electron chi connectivity index (χ4n) is 3.89. The predicted octanol–water partition coefficient (Wildman–Crippen LogP) is 7.58. The SMILES string of the molecule is CCCCCCCCCCCCCCCCCC(=O)N[N+](CC)(CC)CC.Cl. The minimum Gasteiger partial charge on any atom is -0.270 e. The van der Waals surface area contributed by atoms with Crippen LogP contribution in [0.25, 0.3) is 0 Å². The first-order valence-corrected chi connectivity index (χ1v) is 12.3. The summed E-state index contributed by atoms with van der Waals surface area (Å²) in [5.41, 5.74) is 3.23. The smallest absolute Gasteiger partial charge is 0.264 e. The van der Waals surface area contributed by atoms with Crippen molar-refractivity contribution < 1.29 is 9.39 Å². The van der Waals surface area contributed by atoms with E-state index < -0.39 is 0 Å². The largest absolute Gasteiger partial charge is 0.270 e. The Balaban J connectivity index is 0. The highest BCUT2D eigenvalue weighted by Crippen LogP contribution is 2.13. The van der Waals surface area contributed by atoms with Crippen molar-refractivity contribution in [2.75, 3.05) is 19.6 Å². The van der Waals surface area contributed by atoms with E-state index in [2.05, 4.69) is 33.1 Å². The Morgan fingerprint density at radius 1 is 0.571 bits per heavy atom. The van der Waals surface area contributed by atoms with E-state index in [1.807, 2.05) is 0 Å². The molecule has 1 amide bonds. The molecule has 0 fully saturated rings. The van der Waals surface area contributed by atoms with Crippen LogP contribution < -0.4 is 5.43 Å². The molecule has 0 aliphatic carbocycles. The number of nitrogens with one attached hydrogen (secondary N) is 1. The van der Waals surface area contributed by atoms with Crippen LogP contribution in [0.1, 0.15) is 130 Å². The number of carbonyl (C=O) groups is 1. The summed E-state index contributed by atoms with van der Waals surface area (Å²) in [6.45, 7) is 11.7. The van der Waals surface area contributed by atoms with Crippen molar-refractivity contribution in [3.63, 3.8) is 0 Å². The van der Waals surface area contributed by atoms with Gasteiger partial charge in [-0.3, -0.25) is 4.79 Å². The van der Waals surface area contributed by atoms with Crippen molar-refractivity contribution in [3.05, 3.63) is 0 Å². The maximum Gasteiger partial charge on any atom is 0.264 e. The number of hydrogen-bond donors (Lipinski definition) is 1. The summed E-state index contributed by atoms with van der Waals surface area (Å²) in [5.74, 6) is 0.232. The van der Waals surface area contributed by atoms with Gasteiger partial charge in [0.05, 0.1) is 19.6 Å². The number of unbranched alkanes of at least 4 members (excludes halogenated alkanes) is 14. The van der Waals surface area contributed by atoms with E-state index >= 15 is 0 Å². The summed E-state index contributed by atoms with van der Waals surface area (Å²) >= 11 is 0. The zero-order chi connectivity index (χ0) is 20.2. The van der Waals surface area contributed by atoms with Crippen LogP contribution in [0.15, 0.2) is 0 Å². The maximum absolute atomic E-state index is 12.1. The molecule has 1 N–H and O–H groups in total. The third-order valence-corrected chi connectivity index (χ3v) is 6.19. The van der Waals surface area contributed by atoms with E-state index in [0.29, 0.717) is 6.42 Å². The van der Waals surface area contributed by atoms with Gasteiger partial charge in [0.2, 0.25) is 0 Å². The number of nitrogens with zero attached hydrogens (tertiary/aromatic N) is 1. The second-order valence-corrected chi connectivity index (χ2v) is 8.33. The number of amides is 1. The predicted molar refractivity (Wildman–Crippen MR) is 127 cm³/mol. The third kappa shape index (κ3) is 16.7. The van der Waals surface area contributed by atoms with Gasteiger partial charge in [0.15, 0.2) is 0 Å². The lowest BCUT2D eigenvalue weighted by Gasteiger charge is -2.34. The molecule has 28 heavy (non-hydrogen) atoms. The van der Waals surface area contributed by atoms with E-state index in [9.17, 15) is 4.79 Å². The fourth-order valence-corrected chi connectivity index (χ4v) is 3.89. The van der Waals surface area contributed by atoms with Gasteiger partial charge in [-0.2, -0.15) is 0 Å². The minimum absolute atomic E-state index is 0. The van der Waals surface area contributed by atoms with Crippen LogP contribution in [0.4, 0.5) is 0 Å². The molecule has 0 aromatic heterocycles. The molecule has 0 heterocycles. The van der Waals surface area contributed by atoms with Gasteiger partial charge < -0.3 is 0 Å². The molecule has 0 unspecified atom stereocenters. The fraction of sp³-hybridized carbons (Fsp3) is 0.958. The van der Waals surface area contributed by atoms with Crippen LogP contribution in [0.2, 0.25) is 0 Å². The number of halogens is 1. The molecule has 0 aliphatic rings. The van der Waals surface area contributed by atoms with E-state index in [1.165, 1.54) is 89.9 Å². The summed E-state index contributed by atoms with van der Waals surface area (Å²) < 4.78 is 0.720. The van der Waals surface area contributed by atoms with Gasteiger partial charge >= 0.3 is 0 Å². The second-order valence-electron chi connectivity index (χ2n) is 8.33. The van der Waals surface area contributed by atoms with Crippen molar-refractivity contribution in [1.29, 1.82) is 0 Å². The van der Waals surface area contributed by atoms with Crippen LogP contribution in [-0.4, -0.2) is 30.1 Å². The summed E-state index contributed by atoms with van der Waals surface area (Å²) in [7, 11) is 0. The highest BCUT2D eigenvalue weighted by atomic mass is 35.5. The number of quaternary nitrogens is 1. The molecule has 0 rings (SSSR count). The van der Waals surface area contributed by atoms with Crippen LogP contribution in [0, 0.1) is 0 Å². The zero-order valence-corrected chi connectivity index (χ0v) is 20.5. The van der Waals surface area contributed by atoms with Crippen molar-refractivity contribution in [3.8, 4) is 0 Å². The van der Waals surface area contributed by atoms with Crippen LogP contribution in [0.5, 0.6) is 0 Å². The lowest BCUT2D eigenvalue weighted by atomic mass is 10.0. The van der Waals surface area contributed by atoms with Gasteiger partial charge in [0.25, 0.3) is 5.91 Å². The summed E-state index contributed by atoms with van der Waals surface area (Å²) in [4.78, 5) is 12.1. The lowest BCUT2D eigenvalue weighted by Crippen LogP contribution is -2.59. The number of rotatable bonds is 20. The van der Waals surface area contributed by atoms with E-state index in [4.69, 9.17) is 0 Å². The number of carbonyl (C=O) groups excluding carboxylic acids is 1. The molecule has 0 aromatic rings. The highest BCUT2D eigenvalue weighted by Gasteiger charge is 2.23. The van der Waals surface area contributed by atoms with Gasteiger partial charge in [-0.25, -0.2) is 10.0 Å². The Hall–Kier alpha value is -0.280. The maximum atomic E-state index is 12.1. The molecule has 4 heteroatoms. The molecule has 0 aromatic carbocycles. The molecule has 0 atom stereocenters. The van der Waals surface area contributed by atoms with Crippen molar-refractivity contribution in [2.24, 2.45) is 0 Å². The normalized spacial score (nSPS) is 11.3. The van der Waals surface area contributed by atoms with Gasteiger partial charge in [0.1, 0.15) is 0 Å². The van der Waals surface area contributed by atoms with Crippen molar-refractivity contribution in [2.45, 2.75) is 130 Å². The van der Waals surface area contributed by atoms with E-state index in [1.54, 1.807) is 0 Å². The lowest BCUT2D eigenvalue weighted by molar-refractivity contribution is -0.956. The Morgan fingerprint density at radius 2 is 0.893 bits per heavy atom. The molecule has 0 bridgehead atoms. The van der Waals surface area contributed by atoms with Gasteiger partial charge in [-0.1, -0.05) is 96.8 Å². The third-order valence-electron chi connectivity index (χ3n) is 6.19. The molecule has 0 aliphatic heterocycles. The average Bonchev–Trinajstić information content (AvgIpc) is 2.69. The molecule has 0 spiro atoms. The summed E-state index contributed by atoms with van der Waals surface area (Å²) in [6.07, 6.45) is 21.2. The molecule has 0 saturated carbocycles. The topological polar surface area (TPSA) is 29.1 Å².